The summed E-state index contributed by atoms with van der Waals surface area (Å²) in [6.45, 7) is 2.48. The number of carbonyl (C=O) groups excluding carboxylic acids is 1. The third-order valence-corrected chi connectivity index (χ3v) is 5.27. The second-order valence-electron chi connectivity index (χ2n) is 6.01. The van der Waals surface area contributed by atoms with Crippen LogP contribution in [0.3, 0.4) is 0 Å². The quantitative estimate of drug-likeness (QED) is 0.651. The monoisotopic (exact) mass is 386 g/mol. The molecule has 4 rings (SSSR count). The van der Waals surface area contributed by atoms with E-state index in [2.05, 4.69) is 15.5 Å². The van der Waals surface area contributed by atoms with E-state index in [0.29, 0.717) is 29.0 Å². The minimum Gasteiger partial charge on any atom is -0.461 e. The Balaban J connectivity index is 1.36. The van der Waals surface area contributed by atoms with Crippen LogP contribution in [-0.4, -0.2) is 32.7 Å². The van der Waals surface area contributed by atoms with E-state index in [1.807, 2.05) is 42.8 Å². The van der Waals surface area contributed by atoms with E-state index >= 15 is 0 Å². The topological polar surface area (TPSA) is 91.4 Å². The maximum Gasteiger partial charge on any atom is 0.233 e. The second-order valence-corrected chi connectivity index (χ2v) is 7.32. The van der Waals surface area contributed by atoms with Gasteiger partial charge in [0.25, 0.3) is 0 Å². The van der Waals surface area contributed by atoms with Crippen molar-refractivity contribution in [2.24, 2.45) is 7.05 Å². The van der Waals surface area contributed by atoms with Crippen molar-refractivity contribution in [3.8, 4) is 23.1 Å². The summed E-state index contributed by atoms with van der Waals surface area (Å²) in [6, 6.07) is 9.24. The number of ether oxygens (including phenoxy) is 2. The zero-order valence-corrected chi connectivity index (χ0v) is 15.7. The zero-order valence-electron chi connectivity index (χ0n) is 14.8. The number of nitrogens with zero attached hydrogens (tertiary/aromatic N) is 3. The summed E-state index contributed by atoms with van der Waals surface area (Å²) < 4.78 is 17.8. The van der Waals surface area contributed by atoms with Gasteiger partial charge in [0.15, 0.2) is 28.2 Å². The lowest BCUT2D eigenvalue weighted by Gasteiger charge is -2.12. The fourth-order valence-electron chi connectivity index (χ4n) is 2.63. The molecule has 1 N–H and O–H groups in total. The van der Waals surface area contributed by atoms with Crippen LogP contribution < -0.4 is 14.8 Å². The molecule has 140 valence electrons. The highest BCUT2D eigenvalue weighted by Gasteiger charge is 2.20. The van der Waals surface area contributed by atoms with Crippen LogP contribution in [0.4, 0.5) is 0 Å². The molecule has 3 aromatic rings. The molecule has 8 nitrogen and oxygen atoms in total. The zero-order chi connectivity index (χ0) is 18.8. The molecular weight excluding hydrogens is 368 g/mol. The number of fused-ring (bicyclic) bond motifs is 1. The van der Waals surface area contributed by atoms with Gasteiger partial charge in [-0.2, -0.15) is 0 Å². The lowest BCUT2D eigenvalue weighted by molar-refractivity contribution is -0.120. The van der Waals surface area contributed by atoms with Crippen molar-refractivity contribution in [2.45, 2.75) is 23.9 Å². The molecule has 0 fully saturated rings. The van der Waals surface area contributed by atoms with Gasteiger partial charge in [-0.25, -0.2) is 0 Å². The molecule has 0 bridgehead atoms. The standard InChI is InChI=1S/C18H18N4O4S/c1-11(27-18-21-20-16(22(18)2)14-4-3-7-24-14)17(23)19-9-12-5-6-13-15(8-12)26-10-25-13/h3-8,11H,9-10H2,1-2H3,(H,19,23)/t11-/m1/s1. The number of aromatic nitrogens is 3. The minimum atomic E-state index is -0.327. The fourth-order valence-corrected chi connectivity index (χ4v) is 3.47. The predicted molar refractivity (Wildman–Crippen MR) is 98.4 cm³/mol. The van der Waals surface area contributed by atoms with Gasteiger partial charge in [-0.1, -0.05) is 17.8 Å². The van der Waals surface area contributed by atoms with Gasteiger partial charge in [-0.05, 0) is 36.8 Å². The van der Waals surface area contributed by atoms with Crippen molar-refractivity contribution in [3.05, 3.63) is 42.2 Å². The molecule has 0 radical (unpaired) electrons. The maximum atomic E-state index is 12.4. The van der Waals surface area contributed by atoms with Gasteiger partial charge in [-0.15, -0.1) is 10.2 Å². The highest BCUT2D eigenvalue weighted by atomic mass is 32.2. The molecule has 0 saturated carbocycles. The Kier molecular flexibility index (Phi) is 4.76. The molecule has 0 aliphatic carbocycles. The summed E-state index contributed by atoms with van der Waals surface area (Å²) in [6.07, 6.45) is 1.59. The van der Waals surface area contributed by atoms with Crippen molar-refractivity contribution in [1.82, 2.24) is 20.1 Å². The van der Waals surface area contributed by atoms with Gasteiger partial charge in [0.05, 0.1) is 11.5 Å². The molecule has 27 heavy (non-hydrogen) atoms. The molecule has 1 atom stereocenters. The molecule has 0 spiro atoms. The summed E-state index contributed by atoms with van der Waals surface area (Å²) in [5.74, 6) is 2.60. The van der Waals surface area contributed by atoms with Gasteiger partial charge in [0.1, 0.15) is 0 Å². The van der Waals surface area contributed by atoms with Crippen LogP contribution in [0, 0.1) is 0 Å². The minimum absolute atomic E-state index is 0.0831. The maximum absolute atomic E-state index is 12.4. The Hall–Kier alpha value is -2.94. The molecule has 0 unspecified atom stereocenters. The van der Waals surface area contributed by atoms with E-state index in [-0.39, 0.29) is 18.0 Å². The van der Waals surface area contributed by atoms with Crippen molar-refractivity contribution < 1.29 is 18.7 Å². The normalized spacial score (nSPS) is 13.6. The average molecular weight is 386 g/mol. The number of rotatable bonds is 6. The van der Waals surface area contributed by atoms with Crippen molar-refractivity contribution >= 4 is 17.7 Å². The number of hydrogen-bond donors (Lipinski definition) is 1. The molecule has 2 aromatic heterocycles. The first-order valence-corrected chi connectivity index (χ1v) is 9.26. The smallest absolute Gasteiger partial charge is 0.233 e. The van der Waals surface area contributed by atoms with Gasteiger partial charge < -0.3 is 23.8 Å². The fraction of sp³-hybridized carbons (Fsp3) is 0.278. The van der Waals surface area contributed by atoms with Gasteiger partial charge in [0, 0.05) is 13.6 Å². The van der Waals surface area contributed by atoms with Crippen molar-refractivity contribution in [3.63, 3.8) is 0 Å². The van der Waals surface area contributed by atoms with Crippen LogP contribution in [-0.2, 0) is 18.4 Å². The molecule has 9 heteroatoms. The number of benzene rings is 1. The van der Waals surface area contributed by atoms with E-state index in [9.17, 15) is 4.79 Å². The van der Waals surface area contributed by atoms with Crippen LogP contribution >= 0.6 is 11.8 Å². The molecule has 1 aromatic carbocycles. The first kappa shape index (κ1) is 17.5. The number of thioether (sulfide) groups is 1. The predicted octanol–water partition coefficient (Wildman–Crippen LogP) is 2.60. The summed E-state index contributed by atoms with van der Waals surface area (Å²) in [5, 5.41) is 11.5. The van der Waals surface area contributed by atoms with E-state index in [1.165, 1.54) is 11.8 Å². The largest absolute Gasteiger partial charge is 0.461 e. The van der Waals surface area contributed by atoms with E-state index in [1.54, 1.807) is 12.3 Å². The van der Waals surface area contributed by atoms with Crippen molar-refractivity contribution in [1.29, 1.82) is 0 Å². The highest BCUT2D eigenvalue weighted by Crippen LogP contribution is 2.32. The Morgan fingerprint density at radius 2 is 2.15 bits per heavy atom. The lowest BCUT2D eigenvalue weighted by Crippen LogP contribution is -2.30. The van der Waals surface area contributed by atoms with E-state index in [4.69, 9.17) is 13.9 Å². The average Bonchev–Trinajstić information content (AvgIpc) is 3.41. The number of hydrogen-bond acceptors (Lipinski definition) is 7. The number of carbonyl (C=O) groups is 1. The molecule has 1 aliphatic rings. The highest BCUT2D eigenvalue weighted by molar-refractivity contribution is 8.00. The number of nitrogens with one attached hydrogen (secondary N) is 1. The molecular formula is C18H18N4O4S. The second kappa shape index (κ2) is 7.36. The lowest BCUT2D eigenvalue weighted by atomic mass is 10.2. The molecule has 3 heterocycles. The Bertz CT molecular complexity index is 954. The summed E-state index contributed by atoms with van der Waals surface area (Å²) >= 11 is 1.34. The van der Waals surface area contributed by atoms with E-state index < -0.39 is 0 Å². The molecule has 1 amide bonds. The first-order valence-electron chi connectivity index (χ1n) is 8.38. The van der Waals surface area contributed by atoms with Crippen LogP contribution in [0.1, 0.15) is 12.5 Å². The van der Waals surface area contributed by atoms with E-state index in [0.717, 1.165) is 11.3 Å². The third-order valence-electron chi connectivity index (χ3n) is 4.13. The van der Waals surface area contributed by atoms with Gasteiger partial charge in [0.2, 0.25) is 12.7 Å². The number of furan rings is 1. The Morgan fingerprint density at radius 3 is 2.96 bits per heavy atom. The summed E-state index contributed by atoms with van der Waals surface area (Å²) in [7, 11) is 1.84. The van der Waals surface area contributed by atoms with Crippen LogP contribution in [0.25, 0.3) is 11.6 Å². The Morgan fingerprint density at radius 1 is 1.30 bits per heavy atom. The van der Waals surface area contributed by atoms with Crippen LogP contribution in [0.2, 0.25) is 0 Å². The van der Waals surface area contributed by atoms with Gasteiger partial charge >= 0.3 is 0 Å². The third kappa shape index (κ3) is 3.63. The molecule has 1 aliphatic heterocycles. The Labute approximate surface area is 159 Å². The van der Waals surface area contributed by atoms with Gasteiger partial charge in [-0.3, -0.25) is 4.79 Å². The SMILES string of the molecule is C[C@@H](Sc1nnc(-c2ccco2)n1C)C(=O)NCc1ccc2c(c1)OCO2. The first-order chi connectivity index (χ1) is 13.1. The van der Waals surface area contributed by atoms with Crippen LogP contribution in [0.15, 0.2) is 46.2 Å². The molecule has 0 saturated heterocycles. The van der Waals surface area contributed by atoms with Crippen molar-refractivity contribution in [2.75, 3.05) is 6.79 Å². The number of amides is 1. The summed E-state index contributed by atoms with van der Waals surface area (Å²) in [5.41, 5.74) is 0.948. The van der Waals surface area contributed by atoms with Crippen LogP contribution in [0.5, 0.6) is 11.5 Å². The summed E-state index contributed by atoms with van der Waals surface area (Å²) in [4.78, 5) is 12.4.